The smallest absolute Gasteiger partial charge is 0.0991 e. The molecule has 2 N–H and O–H groups in total. The highest BCUT2D eigenvalue weighted by Gasteiger charge is 2.23. The number of nitrogens with one attached hydrogen (secondary N) is 1. The molecule has 2 unspecified atom stereocenters. The number of nitriles is 1. The van der Waals surface area contributed by atoms with Crippen LogP contribution in [0.4, 0.5) is 0 Å². The lowest BCUT2D eigenvalue weighted by Crippen LogP contribution is -2.48. The summed E-state index contributed by atoms with van der Waals surface area (Å²) in [5, 5.41) is 22.2. The molecule has 2 atom stereocenters. The van der Waals surface area contributed by atoms with Gasteiger partial charge in [-0.2, -0.15) is 17.0 Å². The van der Waals surface area contributed by atoms with Crippen molar-refractivity contribution in [2.75, 3.05) is 26.0 Å². The van der Waals surface area contributed by atoms with Crippen molar-refractivity contribution in [3.8, 4) is 6.07 Å². The Kier molecular flexibility index (Phi) is 7.38. The van der Waals surface area contributed by atoms with Crippen molar-refractivity contribution in [3.63, 3.8) is 0 Å². The molecule has 2 rings (SSSR count). The summed E-state index contributed by atoms with van der Waals surface area (Å²) in [4.78, 5) is 2.47. The fourth-order valence-corrected chi connectivity index (χ4v) is 3.75. The third kappa shape index (κ3) is 5.50. The minimum atomic E-state index is 0.229. The maximum atomic E-state index is 9.38. The number of benzene rings is 1. The molecule has 1 heterocycles. The molecule has 0 bridgehead atoms. The van der Waals surface area contributed by atoms with Crippen molar-refractivity contribution in [2.24, 2.45) is 0 Å². The lowest BCUT2D eigenvalue weighted by molar-refractivity contribution is 0.180. The molecule has 1 aromatic carbocycles. The van der Waals surface area contributed by atoms with Crippen LogP contribution >= 0.6 is 11.8 Å². The number of likely N-dealkylation sites (tertiary alicyclic amines) is 1. The van der Waals surface area contributed by atoms with Gasteiger partial charge in [-0.3, -0.25) is 4.90 Å². The third-order valence-electron chi connectivity index (χ3n) is 4.62. The average molecular weight is 334 g/mol. The van der Waals surface area contributed by atoms with Crippen LogP contribution in [0.25, 0.3) is 0 Å². The molecule has 126 valence electrons. The van der Waals surface area contributed by atoms with Crippen molar-refractivity contribution in [1.82, 2.24) is 10.2 Å². The molecule has 23 heavy (non-hydrogen) atoms. The van der Waals surface area contributed by atoms with Gasteiger partial charge in [0.1, 0.15) is 0 Å². The molecule has 1 aliphatic heterocycles. The van der Waals surface area contributed by atoms with E-state index in [2.05, 4.69) is 41.6 Å². The zero-order chi connectivity index (χ0) is 16.7. The van der Waals surface area contributed by atoms with Crippen LogP contribution < -0.4 is 5.32 Å². The molecule has 5 heteroatoms. The number of aliphatic hydroxyl groups excluding tert-OH is 1. The molecule has 1 saturated heterocycles. The summed E-state index contributed by atoms with van der Waals surface area (Å²) in [6, 6.07) is 10.9. The van der Waals surface area contributed by atoms with Crippen LogP contribution in [-0.4, -0.2) is 53.3 Å². The van der Waals surface area contributed by atoms with E-state index in [1.165, 1.54) is 5.56 Å². The van der Waals surface area contributed by atoms with Gasteiger partial charge >= 0.3 is 0 Å². The Hall–Kier alpha value is -1.06. The Bertz CT molecular complexity index is 502. The number of thioether (sulfide) groups is 1. The van der Waals surface area contributed by atoms with E-state index >= 15 is 0 Å². The minimum Gasteiger partial charge on any atom is -0.395 e. The number of aliphatic hydroxyl groups is 1. The van der Waals surface area contributed by atoms with Gasteiger partial charge in [-0.1, -0.05) is 12.1 Å². The quantitative estimate of drug-likeness (QED) is 0.801. The summed E-state index contributed by atoms with van der Waals surface area (Å²) in [5.41, 5.74) is 1.99. The molecular formula is C18H27N3OS. The van der Waals surface area contributed by atoms with E-state index in [1.807, 2.05) is 12.1 Å². The minimum absolute atomic E-state index is 0.229. The Morgan fingerprint density at radius 1 is 1.35 bits per heavy atom. The molecule has 1 aromatic rings. The van der Waals surface area contributed by atoms with Gasteiger partial charge in [0.25, 0.3) is 0 Å². The highest BCUT2D eigenvalue weighted by Crippen LogP contribution is 2.17. The lowest BCUT2D eigenvalue weighted by Gasteiger charge is -2.35. The zero-order valence-corrected chi connectivity index (χ0v) is 14.9. The molecule has 0 spiro atoms. The van der Waals surface area contributed by atoms with E-state index in [0.29, 0.717) is 12.1 Å². The van der Waals surface area contributed by atoms with E-state index < -0.39 is 0 Å². The van der Waals surface area contributed by atoms with Crippen molar-refractivity contribution >= 4 is 11.8 Å². The first kappa shape index (κ1) is 18.3. The predicted octanol–water partition coefficient (Wildman–Crippen LogP) is 2.22. The van der Waals surface area contributed by atoms with Crippen molar-refractivity contribution in [2.45, 2.75) is 43.6 Å². The predicted molar refractivity (Wildman–Crippen MR) is 96.4 cm³/mol. The lowest BCUT2D eigenvalue weighted by atomic mass is 10.0. The number of piperidine rings is 1. The second kappa shape index (κ2) is 9.29. The van der Waals surface area contributed by atoms with E-state index in [9.17, 15) is 5.11 Å². The fraction of sp³-hybridized carbons (Fsp3) is 0.611. The first-order valence-corrected chi connectivity index (χ1v) is 9.56. The summed E-state index contributed by atoms with van der Waals surface area (Å²) >= 11 is 1.73. The SMILES string of the molecule is CSC(CO)C(C)NC1CCN(Cc2ccc(C#N)cc2)CC1. The average Bonchev–Trinajstić information content (AvgIpc) is 2.58. The van der Waals surface area contributed by atoms with Gasteiger partial charge in [0.2, 0.25) is 0 Å². The van der Waals surface area contributed by atoms with Gasteiger partial charge in [0, 0.05) is 23.9 Å². The third-order valence-corrected chi connectivity index (χ3v) is 5.78. The first-order chi connectivity index (χ1) is 11.2. The summed E-state index contributed by atoms with van der Waals surface area (Å²) < 4.78 is 0. The van der Waals surface area contributed by atoms with E-state index in [1.54, 1.807) is 11.8 Å². The van der Waals surface area contributed by atoms with Crippen LogP contribution in [0.15, 0.2) is 24.3 Å². The Morgan fingerprint density at radius 3 is 2.52 bits per heavy atom. The molecule has 4 nitrogen and oxygen atoms in total. The normalized spacial score (nSPS) is 19.2. The maximum absolute atomic E-state index is 9.38. The van der Waals surface area contributed by atoms with Gasteiger partial charge in [-0.15, -0.1) is 0 Å². The molecule has 1 aliphatic rings. The second-order valence-electron chi connectivity index (χ2n) is 6.27. The topological polar surface area (TPSA) is 59.3 Å². The molecule has 0 amide bonds. The van der Waals surface area contributed by atoms with Gasteiger partial charge in [-0.05, 0) is 56.8 Å². The summed E-state index contributed by atoms with van der Waals surface area (Å²) in [6.07, 6.45) is 4.35. The van der Waals surface area contributed by atoms with Crippen molar-refractivity contribution in [1.29, 1.82) is 5.26 Å². The molecular weight excluding hydrogens is 306 g/mol. The van der Waals surface area contributed by atoms with Crippen LogP contribution in [0.3, 0.4) is 0 Å². The molecule has 0 aliphatic carbocycles. The van der Waals surface area contributed by atoms with Crippen LogP contribution in [0.1, 0.15) is 30.9 Å². The van der Waals surface area contributed by atoms with Gasteiger partial charge in [0.15, 0.2) is 0 Å². The first-order valence-electron chi connectivity index (χ1n) is 8.27. The highest BCUT2D eigenvalue weighted by atomic mass is 32.2. The zero-order valence-electron chi connectivity index (χ0n) is 14.0. The van der Waals surface area contributed by atoms with Crippen LogP contribution in [0, 0.1) is 11.3 Å². The Balaban J connectivity index is 1.76. The van der Waals surface area contributed by atoms with Gasteiger partial charge in [-0.25, -0.2) is 0 Å². The molecule has 0 saturated carbocycles. The van der Waals surface area contributed by atoms with E-state index in [-0.39, 0.29) is 11.9 Å². The standard InChI is InChI=1S/C18H27N3OS/c1-14(18(13-22)23-2)20-17-7-9-21(10-8-17)12-16-5-3-15(11-19)4-6-16/h3-6,14,17-18,20,22H,7-10,12-13H2,1-2H3. The van der Waals surface area contributed by atoms with Gasteiger partial charge < -0.3 is 10.4 Å². The molecule has 0 aromatic heterocycles. The maximum Gasteiger partial charge on any atom is 0.0991 e. The summed E-state index contributed by atoms with van der Waals surface area (Å²) in [6.45, 7) is 5.53. The van der Waals surface area contributed by atoms with Gasteiger partial charge in [0.05, 0.1) is 18.2 Å². The van der Waals surface area contributed by atoms with Crippen LogP contribution in [0.5, 0.6) is 0 Å². The Labute approximate surface area is 143 Å². The Morgan fingerprint density at radius 2 is 2.00 bits per heavy atom. The number of rotatable bonds is 7. The largest absolute Gasteiger partial charge is 0.395 e. The van der Waals surface area contributed by atoms with Crippen molar-refractivity contribution < 1.29 is 5.11 Å². The van der Waals surface area contributed by atoms with Crippen LogP contribution in [-0.2, 0) is 6.54 Å². The number of nitrogens with zero attached hydrogens (tertiary/aromatic N) is 2. The monoisotopic (exact) mass is 333 g/mol. The molecule has 1 fully saturated rings. The fourth-order valence-electron chi connectivity index (χ4n) is 3.12. The van der Waals surface area contributed by atoms with Crippen LogP contribution in [0.2, 0.25) is 0 Å². The van der Waals surface area contributed by atoms with Crippen molar-refractivity contribution in [3.05, 3.63) is 35.4 Å². The summed E-state index contributed by atoms with van der Waals surface area (Å²) in [7, 11) is 0. The summed E-state index contributed by atoms with van der Waals surface area (Å²) in [5.74, 6) is 0. The van der Waals surface area contributed by atoms with E-state index in [4.69, 9.17) is 5.26 Å². The highest BCUT2D eigenvalue weighted by molar-refractivity contribution is 7.99. The number of hydrogen-bond donors (Lipinski definition) is 2. The molecule has 0 radical (unpaired) electrons. The second-order valence-corrected chi connectivity index (χ2v) is 7.35. The number of hydrogen-bond acceptors (Lipinski definition) is 5. The van der Waals surface area contributed by atoms with E-state index in [0.717, 1.165) is 38.0 Å².